The smallest absolute Gasteiger partial charge is 0.228 e. The Kier molecular flexibility index (Phi) is 4.42. The number of amidine groups is 1. The van der Waals surface area contributed by atoms with Gasteiger partial charge in [0.1, 0.15) is 0 Å². The summed E-state index contributed by atoms with van der Waals surface area (Å²) in [6, 6.07) is 4.85. The van der Waals surface area contributed by atoms with Crippen LogP contribution in [0.2, 0.25) is 5.02 Å². The molecule has 1 aromatic rings. The van der Waals surface area contributed by atoms with E-state index >= 15 is 0 Å². The molecule has 1 amide bonds. The third kappa shape index (κ3) is 3.29. The number of nitrogens with one attached hydrogen (secondary N) is 1. The lowest BCUT2D eigenvalue weighted by atomic mass is 9.81. The molecule has 2 rings (SSSR count). The number of nitrogens with two attached hydrogens (primary N) is 1. The number of nitrogens with zero attached hydrogens (tertiary/aromatic N) is 1. The monoisotopic (exact) mass is 309 g/mol. The minimum absolute atomic E-state index is 0.0145. The molecule has 1 aromatic carbocycles. The van der Waals surface area contributed by atoms with E-state index in [-0.39, 0.29) is 23.1 Å². The van der Waals surface area contributed by atoms with Gasteiger partial charge in [-0.1, -0.05) is 37.0 Å². The van der Waals surface area contributed by atoms with Gasteiger partial charge in [0.05, 0.1) is 5.69 Å². The van der Waals surface area contributed by atoms with Gasteiger partial charge in [-0.2, -0.15) is 0 Å². The number of rotatable bonds is 3. The zero-order valence-corrected chi connectivity index (χ0v) is 12.9. The number of benzene rings is 1. The van der Waals surface area contributed by atoms with Crippen LogP contribution in [0.3, 0.4) is 0 Å². The first-order chi connectivity index (χ1) is 9.85. The summed E-state index contributed by atoms with van der Waals surface area (Å²) >= 11 is 5.97. The van der Waals surface area contributed by atoms with E-state index in [1.54, 1.807) is 18.2 Å². The molecule has 21 heavy (non-hydrogen) atoms. The largest absolute Gasteiger partial charge is 0.409 e. The van der Waals surface area contributed by atoms with E-state index in [1.807, 2.05) is 0 Å². The van der Waals surface area contributed by atoms with Gasteiger partial charge >= 0.3 is 0 Å². The molecule has 0 heterocycles. The Morgan fingerprint density at radius 2 is 2.24 bits per heavy atom. The van der Waals surface area contributed by atoms with Crippen LogP contribution in [0.25, 0.3) is 0 Å². The van der Waals surface area contributed by atoms with Crippen LogP contribution < -0.4 is 11.1 Å². The fourth-order valence-electron chi connectivity index (χ4n) is 2.93. The topological polar surface area (TPSA) is 87.7 Å². The first kappa shape index (κ1) is 15.6. The Morgan fingerprint density at radius 3 is 2.81 bits per heavy atom. The van der Waals surface area contributed by atoms with Crippen molar-refractivity contribution < 1.29 is 10.0 Å². The van der Waals surface area contributed by atoms with E-state index in [1.165, 1.54) is 0 Å². The van der Waals surface area contributed by atoms with E-state index < -0.39 is 0 Å². The zero-order chi connectivity index (χ0) is 15.6. The van der Waals surface area contributed by atoms with E-state index in [9.17, 15) is 4.79 Å². The third-order valence-corrected chi connectivity index (χ3v) is 4.43. The highest BCUT2D eigenvalue weighted by molar-refractivity contribution is 6.31. The molecule has 1 aliphatic carbocycles. The van der Waals surface area contributed by atoms with Crippen molar-refractivity contribution in [3.63, 3.8) is 0 Å². The average Bonchev–Trinajstić information content (AvgIpc) is 2.77. The number of halogens is 1. The van der Waals surface area contributed by atoms with Crippen molar-refractivity contribution in [3.05, 3.63) is 28.8 Å². The number of oxime groups is 1. The van der Waals surface area contributed by atoms with Gasteiger partial charge in [0, 0.05) is 16.5 Å². The molecule has 0 bridgehead atoms. The molecule has 1 saturated carbocycles. The van der Waals surface area contributed by atoms with Gasteiger partial charge < -0.3 is 16.3 Å². The lowest BCUT2D eigenvalue weighted by Crippen LogP contribution is -2.31. The van der Waals surface area contributed by atoms with Gasteiger partial charge in [0.2, 0.25) is 5.91 Å². The maximum Gasteiger partial charge on any atom is 0.228 e. The van der Waals surface area contributed by atoms with E-state index in [4.69, 9.17) is 22.5 Å². The molecule has 5 nitrogen and oxygen atoms in total. The zero-order valence-electron chi connectivity index (χ0n) is 12.2. The molecule has 4 N–H and O–H groups in total. The molecule has 0 aromatic heterocycles. The fourth-order valence-corrected chi connectivity index (χ4v) is 3.10. The van der Waals surface area contributed by atoms with Gasteiger partial charge in [0.25, 0.3) is 0 Å². The normalized spacial score (nSPS) is 21.3. The second-order valence-electron chi connectivity index (χ2n) is 6.10. The number of hydrogen-bond donors (Lipinski definition) is 3. The maximum atomic E-state index is 12.5. The van der Waals surface area contributed by atoms with Gasteiger partial charge in [0.15, 0.2) is 5.84 Å². The summed E-state index contributed by atoms with van der Waals surface area (Å²) in [5, 5.41) is 15.2. The molecular formula is C15H20ClN3O2. The lowest BCUT2D eigenvalue weighted by molar-refractivity contribution is -0.122. The summed E-state index contributed by atoms with van der Waals surface area (Å²) in [5.41, 5.74) is 6.53. The van der Waals surface area contributed by atoms with Crippen LogP contribution in [0.15, 0.2) is 23.4 Å². The second kappa shape index (κ2) is 5.93. The van der Waals surface area contributed by atoms with Crippen LogP contribution >= 0.6 is 11.6 Å². The Balaban J connectivity index is 2.27. The van der Waals surface area contributed by atoms with Gasteiger partial charge in [-0.05, 0) is 36.5 Å². The average molecular weight is 310 g/mol. The number of amides is 1. The van der Waals surface area contributed by atoms with Crippen LogP contribution in [0.5, 0.6) is 0 Å². The van der Waals surface area contributed by atoms with Crippen LogP contribution in [-0.4, -0.2) is 17.0 Å². The summed E-state index contributed by atoms with van der Waals surface area (Å²) in [6.45, 7) is 4.21. The molecule has 114 valence electrons. The quantitative estimate of drug-likeness (QED) is 0.347. The van der Waals surface area contributed by atoms with Crippen LogP contribution in [0.4, 0.5) is 5.69 Å². The van der Waals surface area contributed by atoms with Crippen LogP contribution in [0.1, 0.15) is 38.7 Å². The SMILES string of the molecule is CC1(C)CCCC1C(=O)Nc1cc(Cl)ccc1/C(N)=N/O. The Labute approximate surface area is 129 Å². The van der Waals surface area contributed by atoms with Gasteiger partial charge in [-0.15, -0.1) is 0 Å². The molecule has 0 radical (unpaired) electrons. The highest BCUT2D eigenvalue weighted by Crippen LogP contribution is 2.43. The van der Waals surface area contributed by atoms with Crippen molar-refractivity contribution >= 4 is 29.0 Å². The molecule has 1 unspecified atom stereocenters. The maximum absolute atomic E-state index is 12.5. The highest BCUT2D eigenvalue weighted by atomic mass is 35.5. The third-order valence-electron chi connectivity index (χ3n) is 4.20. The van der Waals surface area contributed by atoms with Crippen molar-refractivity contribution in [2.75, 3.05) is 5.32 Å². The van der Waals surface area contributed by atoms with E-state index in [0.717, 1.165) is 19.3 Å². The predicted octanol–water partition coefficient (Wildman–Crippen LogP) is 3.20. The first-order valence-corrected chi connectivity index (χ1v) is 7.31. The van der Waals surface area contributed by atoms with Crippen molar-refractivity contribution in [2.24, 2.45) is 22.2 Å². The van der Waals surface area contributed by atoms with Gasteiger partial charge in [-0.25, -0.2) is 0 Å². The van der Waals surface area contributed by atoms with Crippen LogP contribution in [0, 0.1) is 11.3 Å². The van der Waals surface area contributed by atoms with E-state index in [2.05, 4.69) is 24.3 Å². The highest BCUT2D eigenvalue weighted by Gasteiger charge is 2.39. The molecule has 0 spiro atoms. The predicted molar refractivity (Wildman–Crippen MR) is 83.7 cm³/mol. The molecule has 1 atom stereocenters. The van der Waals surface area contributed by atoms with Crippen LogP contribution in [-0.2, 0) is 4.79 Å². The standard InChI is InChI=1S/C15H20ClN3O2/c1-15(2)7-3-4-11(15)14(20)18-12-8-9(16)5-6-10(12)13(17)19-21/h5-6,8,11,21H,3-4,7H2,1-2H3,(H2,17,19)(H,18,20). The molecule has 1 fully saturated rings. The number of carbonyl (C=O) groups excluding carboxylic acids is 1. The lowest BCUT2D eigenvalue weighted by Gasteiger charge is -2.26. The fraction of sp³-hybridized carbons (Fsp3) is 0.467. The minimum Gasteiger partial charge on any atom is -0.409 e. The van der Waals surface area contributed by atoms with E-state index in [0.29, 0.717) is 16.3 Å². The Hall–Kier alpha value is -1.75. The van der Waals surface area contributed by atoms with Crippen molar-refractivity contribution in [1.82, 2.24) is 0 Å². The number of hydrogen-bond acceptors (Lipinski definition) is 3. The Bertz CT molecular complexity index is 584. The number of anilines is 1. The molecule has 0 aliphatic heterocycles. The summed E-state index contributed by atoms with van der Waals surface area (Å²) < 4.78 is 0. The minimum atomic E-state index is -0.0624. The molecule has 1 aliphatic rings. The summed E-state index contributed by atoms with van der Waals surface area (Å²) in [4.78, 5) is 12.5. The molecular weight excluding hydrogens is 290 g/mol. The van der Waals surface area contributed by atoms with Crippen molar-refractivity contribution in [1.29, 1.82) is 0 Å². The first-order valence-electron chi connectivity index (χ1n) is 6.93. The molecule has 0 saturated heterocycles. The summed E-state index contributed by atoms with van der Waals surface area (Å²) in [6.07, 6.45) is 2.96. The molecule has 6 heteroatoms. The van der Waals surface area contributed by atoms with Crippen molar-refractivity contribution in [2.45, 2.75) is 33.1 Å². The second-order valence-corrected chi connectivity index (χ2v) is 6.53. The van der Waals surface area contributed by atoms with Crippen molar-refractivity contribution in [3.8, 4) is 0 Å². The summed E-state index contributed by atoms with van der Waals surface area (Å²) in [7, 11) is 0. The summed E-state index contributed by atoms with van der Waals surface area (Å²) in [5.74, 6) is -0.156. The number of carbonyl (C=O) groups is 1. The van der Waals surface area contributed by atoms with Gasteiger partial charge in [-0.3, -0.25) is 4.79 Å². The Morgan fingerprint density at radius 1 is 1.52 bits per heavy atom.